The Morgan fingerprint density at radius 2 is 2.15 bits per heavy atom. The molecule has 0 saturated carbocycles. The van der Waals surface area contributed by atoms with Crippen molar-refractivity contribution in [3.05, 3.63) is 34.3 Å². The third kappa shape index (κ3) is 2.16. The average molecular weight is 238 g/mol. The van der Waals surface area contributed by atoms with Gasteiger partial charge in [-0.1, -0.05) is 34.1 Å². The summed E-state index contributed by atoms with van der Waals surface area (Å²) in [5, 5.41) is 8.78. The Bertz CT molecular complexity index is 367. The van der Waals surface area contributed by atoms with Crippen LogP contribution in [-0.2, 0) is 4.79 Å². The van der Waals surface area contributed by atoms with Gasteiger partial charge in [0.1, 0.15) is 5.92 Å². The molecule has 0 aliphatic heterocycles. The standard InChI is InChI=1S/C10H8BrNO/c1-7(13)9(6-12)8-4-2-3-5-10(8)11/h2-5,9H,1H3/t9-/m0/s1. The summed E-state index contributed by atoms with van der Waals surface area (Å²) >= 11 is 3.30. The van der Waals surface area contributed by atoms with E-state index in [-0.39, 0.29) is 5.78 Å². The molecule has 0 fully saturated rings. The van der Waals surface area contributed by atoms with Gasteiger partial charge in [-0.15, -0.1) is 0 Å². The molecule has 1 atom stereocenters. The van der Waals surface area contributed by atoms with Gasteiger partial charge in [-0.2, -0.15) is 5.26 Å². The number of benzene rings is 1. The van der Waals surface area contributed by atoms with Gasteiger partial charge in [0.05, 0.1) is 6.07 Å². The zero-order chi connectivity index (χ0) is 9.84. The summed E-state index contributed by atoms with van der Waals surface area (Å²) in [5.41, 5.74) is 0.734. The van der Waals surface area contributed by atoms with Gasteiger partial charge in [-0.3, -0.25) is 4.79 Å². The molecule has 0 unspecified atom stereocenters. The number of hydrogen-bond donors (Lipinski definition) is 0. The molecule has 13 heavy (non-hydrogen) atoms. The van der Waals surface area contributed by atoms with Crippen LogP contribution in [0.2, 0.25) is 0 Å². The summed E-state index contributed by atoms with van der Waals surface area (Å²) < 4.78 is 0.803. The monoisotopic (exact) mass is 237 g/mol. The van der Waals surface area contributed by atoms with Crippen molar-refractivity contribution in [3.63, 3.8) is 0 Å². The van der Waals surface area contributed by atoms with E-state index in [1.807, 2.05) is 24.3 Å². The normalized spacial score (nSPS) is 11.8. The zero-order valence-electron chi connectivity index (χ0n) is 7.12. The van der Waals surface area contributed by atoms with Crippen molar-refractivity contribution in [3.8, 4) is 6.07 Å². The maximum absolute atomic E-state index is 11.1. The van der Waals surface area contributed by atoms with E-state index >= 15 is 0 Å². The van der Waals surface area contributed by atoms with Crippen LogP contribution < -0.4 is 0 Å². The van der Waals surface area contributed by atoms with Crippen LogP contribution >= 0.6 is 15.9 Å². The van der Waals surface area contributed by atoms with Crippen LogP contribution in [0, 0.1) is 11.3 Å². The first-order valence-corrected chi connectivity index (χ1v) is 4.60. The highest BCUT2D eigenvalue weighted by Crippen LogP contribution is 2.24. The van der Waals surface area contributed by atoms with Gasteiger partial charge in [0.2, 0.25) is 0 Å². The van der Waals surface area contributed by atoms with E-state index in [2.05, 4.69) is 15.9 Å². The first-order chi connectivity index (χ1) is 6.16. The van der Waals surface area contributed by atoms with Gasteiger partial charge in [-0.05, 0) is 18.6 Å². The maximum atomic E-state index is 11.1. The predicted molar refractivity (Wildman–Crippen MR) is 53.2 cm³/mol. The number of ketones is 1. The molecule has 0 aliphatic rings. The maximum Gasteiger partial charge on any atom is 0.151 e. The summed E-state index contributed by atoms with van der Waals surface area (Å²) in [4.78, 5) is 11.1. The van der Waals surface area contributed by atoms with Crippen molar-refractivity contribution in [2.45, 2.75) is 12.8 Å². The summed E-state index contributed by atoms with van der Waals surface area (Å²) in [6.45, 7) is 1.42. The Morgan fingerprint density at radius 1 is 1.54 bits per heavy atom. The molecule has 0 heterocycles. The summed E-state index contributed by atoms with van der Waals surface area (Å²) in [7, 11) is 0. The SMILES string of the molecule is CC(=O)[C@H](C#N)c1ccccc1Br. The average Bonchev–Trinajstić information content (AvgIpc) is 2.09. The number of nitrogens with zero attached hydrogens (tertiary/aromatic N) is 1. The molecule has 0 aliphatic carbocycles. The summed E-state index contributed by atoms with van der Waals surface area (Å²) in [6.07, 6.45) is 0. The Labute approximate surface area is 85.3 Å². The fourth-order valence-corrected chi connectivity index (χ4v) is 1.60. The molecule has 1 aromatic rings. The fourth-order valence-electron chi connectivity index (χ4n) is 1.09. The second-order valence-electron chi connectivity index (χ2n) is 2.69. The second-order valence-corrected chi connectivity index (χ2v) is 3.55. The molecule has 66 valence electrons. The molecule has 0 radical (unpaired) electrons. The van der Waals surface area contributed by atoms with Crippen LogP contribution in [0.5, 0.6) is 0 Å². The van der Waals surface area contributed by atoms with Gasteiger partial charge in [0.25, 0.3) is 0 Å². The Balaban J connectivity index is 3.14. The molecular weight excluding hydrogens is 230 g/mol. The van der Waals surface area contributed by atoms with Crippen LogP contribution in [0.3, 0.4) is 0 Å². The summed E-state index contributed by atoms with van der Waals surface area (Å²) in [6, 6.07) is 9.24. The van der Waals surface area contributed by atoms with E-state index in [4.69, 9.17) is 5.26 Å². The van der Waals surface area contributed by atoms with Gasteiger partial charge < -0.3 is 0 Å². The minimum absolute atomic E-state index is 0.130. The highest BCUT2D eigenvalue weighted by atomic mass is 79.9. The quantitative estimate of drug-likeness (QED) is 0.794. The van der Waals surface area contributed by atoms with E-state index < -0.39 is 5.92 Å². The fraction of sp³-hybridized carbons (Fsp3) is 0.200. The number of halogens is 1. The van der Waals surface area contributed by atoms with Crippen molar-refractivity contribution in [1.29, 1.82) is 5.26 Å². The lowest BCUT2D eigenvalue weighted by Crippen LogP contribution is -2.06. The first-order valence-electron chi connectivity index (χ1n) is 3.81. The lowest BCUT2D eigenvalue weighted by Gasteiger charge is -2.06. The van der Waals surface area contributed by atoms with Crippen LogP contribution in [-0.4, -0.2) is 5.78 Å². The zero-order valence-corrected chi connectivity index (χ0v) is 8.71. The van der Waals surface area contributed by atoms with E-state index in [0.717, 1.165) is 10.0 Å². The number of rotatable bonds is 2. The van der Waals surface area contributed by atoms with Crippen LogP contribution in [0.4, 0.5) is 0 Å². The third-order valence-electron chi connectivity index (χ3n) is 1.75. The number of hydrogen-bond acceptors (Lipinski definition) is 2. The molecule has 0 aromatic heterocycles. The van der Waals surface area contributed by atoms with Crippen LogP contribution in [0.15, 0.2) is 28.7 Å². The first kappa shape index (κ1) is 9.94. The largest absolute Gasteiger partial charge is 0.298 e. The molecular formula is C10H8BrNO. The highest BCUT2D eigenvalue weighted by Gasteiger charge is 2.17. The van der Waals surface area contributed by atoms with Crippen LogP contribution in [0.25, 0.3) is 0 Å². The number of Topliss-reactive ketones (excluding diaryl/α,β-unsaturated/α-hetero) is 1. The molecule has 0 bridgehead atoms. The van der Waals surface area contributed by atoms with Gasteiger partial charge in [0, 0.05) is 4.47 Å². The molecule has 0 saturated heterocycles. The lowest BCUT2D eigenvalue weighted by molar-refractivity contribution is -0.117. The Kier molecular flexibility index (Phi) is 3.21. The number of carbonyl (C=O) groups is 1. The topological polar surface area (TPSA) is 40.9 Å². The van der Waals surface area contributed by atoms with Crippen molar-refractivity contribution in [2.75, 3.05) is 0 Å². The molecule has 1 aromatic carbocycles. The van der Waals surface area contributed by atoms with E-state index in [1.165, 1.54) is 6.92 Å². The highest BCUT2D eigenvalue weighted by molar-refractivity contribution is 9.10. The van der Waals surface area contributed by atoms with Gasteiger partial charge in [0.15, 0.2) is 5.78 Å². The van der Waals surface area contributed by atoms with E-state index in [0.29, 0.717) is 0 Å². The molecule has 2 nitrogen and oxygen atoms in total. The molecule has 3 heteroatoms. The molecule has 0 amide bonds. The van der Waals surface area contributed by atoms with Crippen molar-refractivity contribution >= 4 is 21.7 Å². The molecule has 0 N–H and O–H groups in total. The molecule has 1 rings (SSSR count). The predicted octanol–water partition coefficient (Wildman–Crippen LogP) is 2.65. The Morgan fingerprint density at radius 3 is 2.62 bits per heavy atom. The van der Waals surface area contributed by atoms with E-state index in [9.17, 15) is 4.79 Å². The van der Waals surface area contributed by atoms with Crippen LogP contribution in [0.1, 0.15) is 18.4 Å². The minimum atomic E-state index is -0.657. The number of carbonyl (C=O) groups excluding carboxylic acids is 1. The Hall–Kier alpha value is -1.14. The van der Waals surface area contributed by atoms with Crippen molar-refractivity contribution in [1.82, 2.24) is 0 Å². The van der Waals surface area contributed by atoms with Gasteiger partial charge >= 0.3 is 0 Å². The van der Waals surface area contributed by atoms with Gasteiger partial charge in [-0.25, -0.2) is 0 Å². The third-order valence-corrected chi connectivity index (χ3v) is 2.47. The number of nitriles is 1. The minimum Gasteiger partial charge on any atom is -0.298 e. The lowest BCUT2D eigenvalue weighted by atomic mass is 9.97. The van der Waals surface area contributed by atoms with E-state index in [1.54, 1.807) is 6.07 Å². The molecule has 0 spiro atoms. The smallest absolute Gasteiger partial charge is 0.151 e. The van der Waals surface area contributed by atoms with Crippen molar-refractivity contribution in [2.24, 2.45) is 0 Å². The summed E-state index contributed by atoms with van der Waals surface area (Å²) in [5.74, 6) is -0.787. The van der Waals surface area contributed by atoms with Crippen molar-refractivity contribution < 1.29 is 4.79 Å². The second kappa shape index (κ2) is 4.20.